The molecule has 2 atom stereocenters. The first-order chi connectivity index (χ1) is 7.47. The van der Waals surface area contributed by atoms with Crippen LogP contribution in [0.3, 0.4) is 0 Å². The number of ether oxygens (including phenoxy) is 1. The zero-order chi connectivity index (χ0) is 11.9. The highest BCUT2D eigenvalue weighted by molar-refractivity contribution is 8.01. The SMILES string of the molecule is CSCOC(=O)[C@@H]1N2C(=O)C[C@H]2SC1(C)C. The summed E-state index contributed by atoms with van der Waals surface area (Å²) in [5, 5.41) is 0.175. The number of β-lactam (4-membered cyclic amide) rings is 1. The molecule has 90 valence electrons. The van der Waals surface area contributed by atoms with Crippen molar-refractivity contribution in [1.29, 1.82) is 0 Å². The van der Waals surface area contributed by atoms with E-state index >= 15 is 0 Å². The van der Waals surface area contributed by atoms with Crippen LogP contribution in [0.25, 0.3) is 0 Å². The highest BCUT2D eigenvalue weighted by atomic mass is 32.2. The molecule has 2 heterocycles. The smallest absolute Gasteiger partial charge is 0.331 e. The van der Waals surface area contributed by atoms with Gasteiger partial charge in [0.1, 0.15) is 12.0 Å². The highest BCUT2D eigenvalue weighted by Crippen LogP contribution is 2.50. The summed E-state index contributed by atoms with van der Waals surface area (Å²) in [5.41, 5.74) is 0. The number of amides is 1. The molecular formula is C10H15NO3S2. The van der Waals surface area contributed by atoms with E-state index in [0.717, 1.165) is 0 Å². The molecule has 2 aliphatic heterocycles. The van der Waals surface area contributed by atoms with Crippen molar-refractivity contribution in [3.05, 3.63) is 0 Å². The molecule has 4 nitrogen and oxygen atoms in total. The zero-order valence-electron chi connectivity index (χ0n) is 9.56. The van der Waals surface area contributed by atoms with Crippen molar-refractivity contribution in [2.75, 3.05) is 12.2 Å². The molecule has 16 heavy (non-hydrogen) atoms. The summed E-state index contributed by atoms with van der Waals surface area (Å²) >= 11 is 3.15. The second-order valence-corrected chi connectivity index (χ2v) is 7.10. The molecular weight excluding hydrogens is 246 g/mol. The van der Waals surface area contributed by atoms with Gasteiger partial charge in [-0.05, 0) is 20.1 Å². The van der Waals surface area contributed by atoms with Crippen molar-refractivity contribution in [2.45, 2.75) is 36.4 Å². The van der Waals surface area contributed by atoms with Gasteiger partial charge in [-0.2, -0.15) is 0 Å². The van der Waals surface area contributed by atoms with Gasteiger partial charge in [-0.25, -0.2) is 4.79 Å². The molecule has 2 fully saturated rings. The van der Waals surface area contributed by atoms with Crippen LogP contribution in [-0.2, 0) is 14.3 Å². The maximum Gasteiger partial charge on any atom is 0.331 e. The predicted molar refractivity (Wildman–Crippen MR) is 65.2 cm³/mol. The summed E-state index contributed by atoms with van der Waals surface area (Å²) in [6.07, 6.45) is 2.43. The van der Waals surface area contributed by atoms with Gasteiger partial charge in [-0.3, -0.25) is 4.79 Å². The lowest BCUT2D eigenvalue weighted by Crippen LogP contribution is -2.57. The largest absolute Gasteiger partial charge is 0.453 e. The number of fused-ring (bicyclic) bond motifs is 1. The Kier molecular flexibility index (Phi) is 3.13. The number of hydrogen-bond donors (Lipinski definition) is 0. The van der Waals surface area contributed by atoms with E-state index in [-0.39, 0.29) is 22.0 Å². The lowest BCUT2D eigenvalue weighted by atomic mass is 9.98. The second-order valence-electron chi connectivity index (χ2n) is 4.45. The van der Waals surface area contributed by atoms with Crippen LogP contribution >= 0.6 is 23.5 Å². The fourth-order valence-electron chi connectivity index (χ4n) is 2.15. The molecule has 0 spiro atoms. The molecule has 0 aromatic rings. The van der Waals surface area contributed by atoms with Gasteiger partial charge in [0.25, 0.3) is 0 Å². The van der Waals surface area contributed by atoms with Crippen LogP contribution in [0.4, 0.5) is 0 Å². The van der Waals surface area contributed by atoms with Gasteiger partial charge in [0.15, 0.2) is 0 Å². The van der Waals surface area contributed by atoms with Crippen molar-refractivity contribution in [3.63, 3.8) is 0 Å². The minimum atomic E-state index is -0.420. The maximum atomic E-state index is 11.9. The van der Waals surface area contributed by atoms with E-state index in [1.807, 2.05) is 20.1 Å². The van der Waals surface area contributed by atoms with Gasteiger partial charge >= 0.3 is 5.97 Å². The number of esters is 1. The van der Waals surface area contributed by atoms with Crippen LogP contribution in [0.1, 0.15) is 20.3 Å². The van der Waals surface area contributed by atoms with Crippen molar-refractivity contribution >= 4 is 35.4 Å². The molecule has 0 saturated carbocycles. The zero-order valence-corrected chi connectivity index (χ0v) is 11.2. The van der Waals surface area contributed by atoms with Gasteiger partial charge < -0.3 is 9.64 Å². The standard InChI is InChI=1S/C10H15NO3S2/c1-10(2)8(9(13)14-5-15-3)11-6(12)4-7(11)16-10/h7-8H,4-5H2,1-3H3/t7-,8+/m1/s1. The average molecular weight is 261 g/mol. The van der Waals surface area contributed by atoms with E-state index in [1.54, 1.807) is 16.7 Å². The Bertz CT molecular complexity index is 332. The van der Waals surface area contributed by atoms with E-state index in [2.05, 4.69) is 0 Å². The van der Waals surface area contributed by atoms with E-state index in [4.69, 9.17) is 4.74 Å². The van der Waals surface area contributed by atoms with Crippen LogP contribution < -0.4 is 0 Å². The van der Waals surface area contributed by atoms with E-state index < -0.39 is 6.04 Å². The van der Waals surface area contributed by atoms with E-state index in [9.17, 15) is 9.59 Å². The maximum absolute atomic E-state index is 11.9. The third kappa shape index (κ3) is 1.82. The Morgan fingerprint density at radius 2 is 2.38 bits per heavy atom. The third-order valence-electron chi connectivity index (χ3n) is 2.87. The number of nitrogens with zero attached hydrogens (tertiary/aromatic N) is 1. The number of thioether (sulfide) groups is 2. The Morgan fingerprint density at radius 1 is 1.69 bits per heavy atom. The van der Waals surface area contributed by atoms with Crippen LogP contribution in [0.15, 0.2) is 0 Å². The third-order valence-corrected chi connectivity index (χ3v) is 4.72. The Labute approximate surface area is 103 Å². The van der Waals surface area contributed by atoms with Gasteiger partial charge in [0.05, 0.1) is 11.8 Å². The van der Waals surface area contributed by atoms with Crippen LogP contribution in [0.2, 0.25) is 0 Å². The monoisotopic (exact) mass is 261 g/mol. The summed E-state index contributed by atoms with van der Waals surface area (Å²) in [7, 11) is 0. The molecule has 0 aromatic heterocycles. The predicted octanol–water partition coefficient (Wildman–Crippen LogP) is 1.30. The van der Waals surface area contributed by atoms with Crippen LogP contribution in [0.5, 0.6) is 0 Å². The summed E-state index contributed by atoms with van der Waals surface area (Å²) in [4.78, 5) is 25.1. The van der Waals surface area contributed by atoms with Crippen LogP contribution in [-0.4, -0.2) is 45.1 Å². The molecule has 0 bridgehead atoms. The average Bonchev–Trinajstić information content (AvgIpc) is 2.42. The van der Waals surface area contributed by atoms with Crippen molar-refractivity contribution in [2.24, 2.45) is 0 Å². The van der Waals surface area contributed by atoms with Gasteiger partial charge in [-0.15, -0.1) is 23.5 Å². The molecule has 2 rings (SSSR count). The molecule has 1 amide bonds. The second kappa shape index (κ2) is 4.14. The number of hydrogen-bond acceptors (Lipinski definition) is 5. The summed E-state index contributed by atoms with van der Waals surface area (Å²) < 4.78 is 4.88. The first-order valence-corrected chi connectivity index (χ1v) is 7.39. The first kappa shape index (κ1) is 12.1. The summed E-state index contributed by atoms with van der Waals surface area (Å²) in [5.74, 6) is 0.138. The molecule has 2 aliphatic rings. The van der Waals surface area contributed by atoms with Crippen molar-refractivity contribution < 1.29 is 14.3 Å². The fourth-order valence-corrected chi connectivity index (χ4v) is 4.01. The normalized spacial score (nSPS) is 30.9. The first-order valence-electron chi connectivity index (χ1n) is 5.12. The molecule has 6 heteroatoms. The fraction of sp³-hybridized carbons (Fsp3) is 0.800. The molecule has 0 aromatic carbocycles. The number of carbonyl (C=O) groups is 2. The number of rotatable bonds is 3. The van der Waals surface area contributed by atoms with Gasteiger partial charge in [0.2, 0.25) is 5.91 Å². The Morgan fingerprint density at radius 3 is 2.94 bits per heavy atom. The molecule has 0 unspecified atom stereocenters. The Balaban J connectivity index is 2.11. The van der Waals surface area contributed by atoms with Gasteiger partial charge in [0, 0.05) is 4.75 Å². The van der Waals surface area contributed by atoms with Crippen molar-refractivity contribution in [1.82, 2.24) is 4.90 Å². The van der Waals surface area contributed by atoms with Crippen LogP contribution in [0, 0.1) is 0 Å². The summed E-state index contributed by atoms with van der Waals surface area (Å²) in [6, 6.07) is -0.420. The molecule has 0 radical (unpaired) electrons. The van der Waals surface area contributed by atoms with Gasteiger partial charge in [-0.1, -0.05) is 0 Å². The lowest BCUT2D eigenvalue weighted by Gasteiger charge is -2.37. The van der Waals surface area contributed by atoms with E-state index in [1.165, 1.54) is 11.8 Å². The lowest BCUT2D eigenvalue weighted by molar-refractivity contribution is -0.159. The summed E-state index contributed by atoms with van der Waals surface area (Å²) in [6.45, 7) is 3.99. The Hall–Kier alpha value is -0.360. The molecule has 0 N–H and O–H groups in total. The number of carbonyl (C=O) groups excluding carboxylic acids is 2. The topological polar surface area (TPSA) is 46.6 Å². The van der Waals surface area contributed by atoms with Crippen molar-refractivity contribution in [3.8, 4) is 0 Å². The quantitative estimate of drug-likeness (QED) is 0.435. The highest BCUT2D eigenvalue weighted by Gasteiger charge is 2.59. The minimum absolute atomic E-state index is 0.0641. The minimum Gasteiger partial charge on any atom is -0.453 e. The molecule has 0 aliphatic carbocycles. The van der Waals surface area contributed by atoms with E-state index in [0.29, 0.717) is 12.4 Å². The molecule has 2 saturated heterocycles.